The summed E-state index contributed by atoms with van der Waals surface area (Å²) in [5.41, 5.74) is 0.490. The van der Waals surface area contributed by atoms with E-state index >= 15 is 0 Å². The third kappa shape index (κ3) is 4.70. The first kappa shape index (κ1) is 19.9. The largest absolute Gasteiger partial charge is 0.416 e. The molecule has 1 amide bonds. The molecule has 0 unspecified atom stereocenters. The number of aryl methyl sites for hydroxylation is 1. The van der Waals surface area contributed by atoms with E-state index in [1.54, 1.807) is 31.2 Å². The van der Waals surface area contributed by atoms with E-state index in [2.05, 4.69) is 20.5 Å². The molecule has 3 aromatic rings. The summed E-state index contributed by atoms with van der Waals surface area (Å²) in [4.78, 5) is 38.4. The number of amides is 1. The summed E-state index contributed by atoms with van der Waals surface area (Å²) in [5.74, 6) is 0.0236. The maximum atomic E-state index is 12.2. The number of halogens is 1. The van der Waals surface area contributed by atoms with Crippen LogP contribution in [0.5, 0.6) is 0 Å². The summed E-state index contributed by atoms with van der Waals surface area (Å²) < 4.78 is 6.47. The number of thioether (sulfide) groups is 1. The van der Waals surface area contributed by atoms with Gasteiger partial charge in [-0.3, -0.25) is 14.2 Å². The van der Waals surface area contributed by atoms with Crippen LogP contribution in [-0.4, -0.2) is 31.4 Å². The Balaban J connectivity index is 1.62. The van der Waals surface area contributed by atoms with Crippen molar-refractivity contribution in [1.82, 2.24) is 19.7 Å². The number of aromatic nitrogens is 4. The van der Waals surface area contributed by atoms with E-state index in [1.165, 1.54) is 7.05 Å². The Bertz CT molecular complexity index is 1140. The molecule has 0 saturated heterocycles. The van der Waals surface area contributed by atoms with Gasteiger partial charge in [-0.05, 0) is 25.1 Å². The number of nitrogens with one attached hydrogen (secondary N) is 2. The lowest BCUT2D eigenvalue weighted by Crippen LogP contribution is -2.36. The van der Waals surface area contributed by atoms with Gasteiger partial charge in [-0.2, -0.15) is 0 Å². The highest BCUT2D eigenvalue weighted by Gasteiger charge is 2.15. The summed E-state index contributed by atoms with van der Waals surface area (Å²) in [6.45, 7) is 1.63. The Morgan fingerprint density at radius 2 is 2.14 bits per heavy atom. The summed E-state index contributed by atoms with van der Waals surface area (Å²) in [7, 11) is 1.39. The van der Waals surface area contributed by atoms with Crippen LogP contribution in [0.4, 0.5) is 5.69 Å². The minimum atomic E-state index is -0.487. The Hall–Kier alpha value is -2.85. The van der Waals surface area contributed by atoms with Crippen molar-refractivity contribution < 1.29 is 9.21 Å². The summed E-state index contributed by atoms with van der Waals surface area (Å²) in [6.07, 6.45) is 0.0809. The zero-order valence-electron chi connectivity index (χ0n) is 15.0. The molecule has 0 radical (unpaired) electrons. The van der Waals surface area contributed by atoms with Crippen LogP contribution in [0.25, 0.3) is 0 Å². The Labute approximate surface area is 168 Å². The van der Waals surface area contributed by atoms with Crippen molar-refractivity contribution in [1.29, 1.82) is 0 Å². The first-order valence-corrected chi connectivity index (χ1v) is 9.49. The fraction of sp³-hybridized carbons (Fsp3) is 0.235. The molecule has 0 fully saturated rings. The van der Waals surface area contributed by atoms with E-state index in [9.17, 15) is 14.4 Å². The fourth-order valence-electron chi connectivity index (χ4n) is 2.39. The molecule has 0 aliphatic heterocycles. The Morgan fingerprint density at radius 3 is 2.89 bits per heavy atom. The van der Waals surface area contributed by atoms with Crippen LogP contribution in [-0.2, 0) is 18.3 Å². The lowest BCUT2D eigenvalue weighted by atomic mass is 10.2. The van der Waals surface area contributed by atoms with Gasteiger partial charge >= 0.3 is 5.69 Å². The minimum absolute atomic E-state index is 0.0631. The van der Waals surface area contributed by atoms with E-state index in [4.69, 9.17) is 16.0 Å². The van der Waals surface area contributed by atoms with Crippen molar-refractivity contribution in [3.63, 3.8) is 0 Å². The van der Waals surface area contributed by atoms with E-state index < -0.39 is 11.2 Å². The second-order valence-electron chi connectivity index (χ2n) is 5.88. The Morgan fingerprint density at radius 1 is 1.36 bits per heavy atom. The van der Waals surface area contributed by atoms with Crippen LogP contribution in [0.1, 0.15) is 17.1 Å². The predicted octanol–water partition coefficient (Wildman–Crippen LogP) is 1.74. The smallest absolute Gasteiger partial charge is 0.328 e. The lowest BCUT2D eigenvalue weighted by molar-refractivity contribution is -0.113. The maximum Gasteiger partial charge on any atom is 0.328 e. The minimum Gasteiger partial charge on any atom is -0.416 e. The standard InChI is InChI=1S/C17H16ClN5O4S/c1-9-12(15(25)23(2)16(26)19-9)7-14-21-22-17(27-14)28-8-13(24)20-11-5-3-4-10(18)6-11/h3-6H,7-8H2,1-2H3,(H,19,26)(H,20,24). The second kappa shape index (κ2) is 8.44. The van der Waals surface area contributed by atoms with Crippen LogP contribution in [0, 0.1) is 6.92 Å². The van der Waals surface area contributed by atoms with Gasteiger partial charge in [0.25, 0.3) is 10.8 Å². The van der Waals surface area contributed by atoms with Gasteiger partial charge in [0, 0.05) is 29.0 Å². The average molecular weight is 422 g/mol. The molecular formula is C17H16ClN5O4S. The van der Waals surface area contributed by atoms with Crippen LogP contribution >= 0.6 is 23.4 Å². The van der Waals surface area contributed by atoms with Gasteiger partial charge < -0.3 is 14.7 Å². The molecule has 2 aromatic heterocycles. The third-order valence-corrected chi connectivity index (χ3v) is 4.88. The molecule has 11 heteroatoms. The average Bonchev–Trinajstić information content (AvgIpc) is 3.09. The van der Waals surface area contributed by atoms with Crippen LogP contribution in [0.15, 0.2) is 43.5 Å². The number of carbonyl (C=O) groups excluding carboxylic acids is 1. The Kier molecular flexibility index (Phi) is 6.00. The highest BCUT2D eigenvalue weighted by molar-refractivity contribution is 7.99. The quantitative estimate of drug-likeness (QED) is 0.581. The van der Waals surface area contributed by atoms with Crippen LogP contribution in [0.2, 0.25) is 5.02 Å². The zero-order valence-corrected chi connectivity index (χ0v) is 16.6. The number of hydrogen-bond acceptors (Lipinski definition) is 7. The highest BCUT2D eigenvalue weighted by atomic mass is 35.5. The maximum absolute atomic E-state index is 12.2. The molecule has 9 nitrogen and oxygen atoms in total. The number of anilines is 1. The van der Waals surface area contributed by atoms with Crippen LogP contribution in [0.3, 0.4) is 0 Å². The van der Waals surface area contributed by atoms with Gasteiger partial charge in [-0.15, -0.1) is 10.2 Å². The van der Waals surface area contributed by atoms with Crippen molar-refractivity contribution in [2.45, 2.75) is 18.6 Å². The van der Waals surface area contributed by atoms with E-state index in [-0.39, 0.29) is 29.2 Å². The molecule has 2 heterocycles. The summed E-state index contributed by atoms with van der Waals surface area (Å²) >= 11 is 6.95. The number of nitrogens with zero attached hydrogens (tertiary/aromatic N) is 3. The number of H-pyrrole nitrogens is 1. The molecular weight excluding hydrogens is 406 g/mol. The van der Waals surface area contributed by atoms with Gasteiger partial charge in [0.05, 0.1) is 12.2 Å². The van der Waals surface area contributed by atoms with Crippen molar-refractivity contribution >= 4 is 35.0 Å². The molecule has 0 bridgehead atoms. The number of benzene rings is 1. The van der Waals surface area contributed by atoms with E-state index in [0.717, 1.165) is 16.3 Å². The predicted molar refractivity (Wildman–Crippen MR) is 105 cm³/mol. The van der Waals surface area contributed by atoms with Crippen LogP contribution < -0.4 is 16.6 Å². The zero-order chi connectivity index (χ0) is 20.3. The SMILES string of the molecule is Cc1[nH]c(=O)n(C)c(=O)c1Cc1nnc(SCC(=O)Nc2cccc(Cl)c2)o1. The topological polar surface area (TPSA) is 123 Å². The number of carbonyl (C=O) groups is 1. The molecule has 0 aliphatic carbocycles. The summed E-state index contributed by atoms with van der Waals surface area (Å²) in [6, 6.07) is 6.82. The molecule has 146 valence electrons. The molecule has 2 N–H and O–H groups in total. The number of rotatable bonds is 6. The fourth-order valence-corrected chi connectivity index (χ4v) is 3.16. The van der Waals surface area contributed by atoms with Gasteiger partial charge in [0.1, 0.15) is 0 Å². The summed E-state index contributed by atoms with van der Waals surface area (Å²) in [5, 5.41) is 11.2. The third-order valence-electron chi connectivity index (χ3n) is 3.83. The van der Waals surface area contributed by atoms with Crippen molar-refractivity contribution in [2.75, 3.05) is 11.1 Å². The monoisotopic (exact) mass is 421 g/mol. The molecule has 0 saturated carbocycles. The number of aromatic amines is 1. The van der Waals surface area contributed by atoms with Gasteiger partial charge in [0.2, 0.25) is 11.8 Å². The van der Waals surface area contributed by atoms with Crippen molar-refractivity contribution in [3.8, 4) is 0 Å². The molecule has 1 aromatic carbocycles. The molecule has 28 heavy (non-hydrogen) atoms. The van der Waals surface area contributed by atoms with Gasteiger partial charge in [-0.25, -0.2) is 4.79 Å². The normalized spacial score (nSPS) is 10.8. The first-order valence-electron chi connectivity index (χ1n) is 8.13. The first-order chi connectivity index (χ1) is 13.3. The van der Waals surface area contributed by atoms with E-state index in [0.29, 0.717) is 22.0 Å². The van der Waals surface area contributed by atoms with Gasteiger partial charge in [0.15, 0.2) is 0 Å². The molecule has 0 aliphatic rings. The molecule has 0 atom stereocenters. The van der Waals surface area contributed by atoms with E-state index in [1.807, 2.05) is 0 Å². The number of hydrogen-bond donors (Lipinski definition) is 2. The molecule has 0 spiro atoms. The lowest BCUT2D eigenvalue weighted by Gasteiger charge is -2.04. The van der Waals surface area contributed by atoms with Crippen molar-refractivity contribution in [3.05, 3.63) is 67.3 Å². The molecule has 3 rings (SSSR count). The highest BCUT2D eigenvalue weighted by Crippen LogP contribution is 2.19. The van der Waals surface area contributed by atoms with Crippen molar-refractivity contribution in [2.24, 2.45) is 7.05 Å². The second-order valence-corrected chi connectivity index (χ2v) is 7.25. The van der Waals surface area contributed by atoms with Gasteiger partial charge in [-0.1, -0.05) is 29.4 Å².